The van der Waals surface area contributed by atoms with Crippen molar-refractivity contribution < 1.29 is 9.84 Å². The number of anilines is 1. The number of phenolic OH excluding ortho intramolecular Hbond substituents is 1. The van der Waals surface area contributed by atoms with Crippen LogP contribution in [0.1, 0.15) is 18.4 Å². The van der Waals surface area contributed by atoms with Crippen LogP contribution < -0.4 is 9.64 Å². The molecular formula is C22H23NO2. The summed E-state index contributed by atoms with van der Waals surface area (Å²) in [5.74, 6) is 1.32. The van der Waals surface area contributed by atoms with Crippen LogP contribution in [-0.2, 0) is 0 Å². The first-order chi connectivity index (χ1) is 12.2. The van der Waals surface area contributed by atoms with E-state index in [1.807, 2.05) is 42.5 Å². The van der Waals surface area contributed by atoms with Gasteiger partial charge in [-0.3, -0.25) is 0 Å². The fourth-order valence-electron chi connectivity index (χ4n) is 3.62. The summed E-state index contributed by atoms with van der Waals surface area (Å²) in [6, 6.07) is 20.1. The third kappa shape index (κ3) is 3.27. The van der Waals surface area contributed by atoms with Crippen molar-refractivity contribution in [2.45, 2.75) is 25.9 Å². The zero-order chi connectivity index (χ0) is 17.2. The highest BCUT2D eigenvalue weighted by Crippen LogP contribution is 2.33. The van der Waals surface area contributed by atoms with Crippen LogP contribution >= 0.6 is 0 Å². The van der Waals surface area contributed by atoms with Gasteiger partial charge in [-0.1, -0.05) is 42.5 Å². The van der Waals surface area contributed by atoms with Crippen molar-refractivity contribution in [3.8, 4) is 11.5 Å². The third-order valence-electron chi connectivity index (χ3n) is 4.99. The maximum Gasteiger partial charge on any atom is 0.122 e. The Morgan fingerprint density at radius 2 is 1.68 bits per heavy atom. The van der Waals surface area contributed by atoms with Crippen LogP contribution in [0.4, 0.5) is 5.69 Å². The van der Waals surface area contributed by atoms with E-state index in [9.17, 15) is 5.11 Å². The van der Waals surface area contributed by atoms with Crippen LogP contribution in [0.2, 0.25) is 0 Å². The Bertz CT molecular complexity index is 882. The molecule has 1 aliphatic heterocycles. The van der Waals surface area contributed by atoms with E-state index in [1.165, 1.54) is 10.9 Å². The molecule has 1 heterocycles. The Labute approximate surface area is 148 Å². The molecule has 3 aromatic carbocycles. The number of nitrogens with zero attached hydrogens (tertiary/aromatic N) is 1. The molecule has 25 heavy (non-hydrogen) atoms. The molecule has 0 bridgehead atoms. The predicted molar refractivity (Wildman–Crippen MR) is 103 cm³/mol. The SMILES string of the molecule is Cc1ccccc1OC1CCN(c2cc(O)cc3ccccc23)CC1. The standard InChI is InChI=1S/C22H23NO2/c1-16-6-2-5-9-22(16)25-19-10-12-23(13-11-19)21-15-18(24)14-17-7-3-4-8-20(17)21/h2-9,14-15,19,24H,10-13H2,1H3. The summed E-state index contributed by atoms with van der Waals surface area (Å²) in [5, 5.41) is 12.3. The maximum absolute atomic E-state index is 10.1. The smallest absolute Gasteiger partial charge is 0.122 e. The molecule has 3 aromatic rings. The van der Waals surface area contributed by atoms with E-state index in [2.05, 4.69) is 30.0 Å². The first-order valence-electron chi connectivity index (χ1n) is 8.90. The third-order valence-corrected chi connectivity index (χ3v) is 4.99. The van der Waals surface area contributed by atoms with E-state index in [0.29, 0.717) is 5.75 Å². The lowest BCUT2D eigenvalue weighted by atomic mass is 10.0. The Morgan fingerprint density at radius 1 is 0.960 bits per heavy atom. The maximum atomic E-state index is 10.1. The summed E-state index contributed by atoms with van der Waals surface area (Å²) in [5.41, 5.74) is 2.30. The molecular weight excluding hydrogens is 310 g/mol. The Morgan fingerprint density at radius 3 is 2.48 bits per heavy atom. The van der Waals surface area contributed by atoms with Crippen LogP contribution in [0, 0.1) is 6.92 Å². The molecule has 3 heteroatoms. The van der Waals surface area contributed by atoms with Gasteiger partial charge in [-0.15, -0.1) is 0 Å². The summed E-state index contributed by atoms with van der Waals surface area (Å²) in [7, 11) is 0. The van der Waals surface area contributed by atoms with Crippen LogP contribution in [0.5, 0.6) is 11.5 Å². The van der Waals surface area contributed by atoms with E-state index in [-0.39, 0.29) is 6.10 Å². The number of piperidine rings is 1. The van der Waals surface area contributed by atoms with Crippen molar-refractivity contribution in [1.29, 1.82) is 0 Å². The van der Waals surface area contributed by atoms with Gasteiger partial charge in [-0.2, -0.15) is 0 Å². The van der Waals surface area contributed by atoms with Crippen LogP contribution in [0.3, 0.4) is 0 Å². The van der Waals surface area contributed by atoms with Crippen LogP contribution in [-0.4, -0.2) is 24.3 Å². The van der Waals surface area contributed by atoms with E-state index in [4.69, 9.17) is 4.74 Å². The van der Waals surface area contributed by atoms with Crippen LogP contribution in [0.15, 0.2) is 60.7 Å². The molecule has 1 N–H and O–H groups in total. The molecule has 0 saturated carbocycles. The minimum Gasteiger partial charge on any atom is -0.508 e. The number of ether oxygens (including phenoxy) is 1. The molecule has 0 unspecified atom stereocenters. The van der Waals surface area contributed by atoms with Gasteiger partial charge in [0.25, 0.3) is 0 Å². The van der Waals surface area contributed by atoms with Gasteiger partial charge in [0.05, 0.1) is 0 Å². The number of hydrogen-bond donors (Lipinski definition) is 1. The molecule has 1 saturated heterocycles. The molecule has 0 atom stereocenters. The van der Waals surface area contributed by atoms with Crippen molar-refractivity contribution >= 4 is 16.5 Å². The predicted octanol–water partition coefficient (Wildman–Crippen LogP) is 4.90. The average molecular weight is 333 g/mol. The molecule has 4 rings (SSSR count). The van der Waals surface area contributed by atoms with Gasteiger partial charge in [0.2, 0.25) is 0 Å². The lowest BCUT2D eigenvalue weighted by molar-refractivity contribution is 0.170. The molecule has 3 nitrogen and oxygen atoms in total. The second-order valence-electron chi connectivity index (χ2n) is 6.76. The van der Waals surface area contributed by atoms with Gasteiger partial charge in [0.15, 0.2) is 0 Å². The Kier molecular flexibility index (Phi) is 4.22. The van der Waals surface area contributed by atoms with Crippen molar-refractivity contribution in [3.05, 3.63) is 66.2 Å². The summed E-state index contributed by atoms with van der Waals surface area (Å²) in [6.07, 6.45) is 2.22. The summed E-state index contributed by atoms with van der Waals surface area (Å²) >= 11 is 0. The lowest BCUT2D eigenvalue weighted by Gasteiger charge is -2.34. The molecule has 0 amide bonds. The normalized spacial score (nSPS) is 15.5. The molecule has 1 aliphatic rings. The minimum atomic E-state index is 0.251. The topological polar surface area (TPSA) is 32.7 Å². The molecule has 0 aromatic heterocycles. The molecule has 0 spiro atoms. The van der Waals surface area contributed by atoms with Gasteiger partial charge >= 0.3 is 0 Å². The van der Waals surface area contributed by atoms with Gasteiger partial charge in [-0.05, 0) is 30.0 Å². The molecule has 128 valence electrons. The van der Waals surface area contributed by atoms with E-state index >= 15 is 0 Å². The number of rotatable bonds is 3. The highest BCUT2D eigenvalue weighted by atomic mass is 16.5. The highest BCUT2D eigenvalue weighted by Gasteiger charge is 2.22. The fraction of sp³-hybridized carbons (Fsp3) is 0.273. The molecule has 0 aliphatic carbocycles. The largest absolute Gasteiger partial charge is 0.508 e. The zero-order valence-electron chi connectivity index (χ0n) is 14.5. The monoisotopic (exact) mass is 333 g/mol. The van der Waals surface area contributed by atoms with Gasteiger partial charge in [0.1, 0.15) is 17.6 Å². The summed E-state index contributed by atoms with van der Waals surface area (Å²) < 4.78 is 6.21. The number of benzene rings is 3. The number of para-hydroxylation sites is 1. The van der Waals surface area contributed by atoms with Gasteiger partial charge < -0.3 is 14.7 Å². The van der Waals surface area contributed by atoms with Crippen molar-refractivity contribution in [2.24, 2.45) is 0 Å². The Hall–Kier alpha value is -2.68. The summed E-state index contributed by atoms with van der Waals surface area (Å²) in [6.45, 7) is 3.96. The van der Waals surface area contributed by atoms with E-state index < -0.39 is 0 Å². The second kappa shape index (κ2) is 6.67. The molecule has 1 fully saturated rings. The number of fused-ring (bicyclic) bond motifs is 1. The first-order valence-corrected chi connectivity index (χ1v) is 8.90. The fourth-order valence-corrected chi connectivity index (χ4v) is 3.62. The highest BCUT2D eigenvalue weighted by molar-refractivity contribution is 5.95. The number of hydrogen-bond acceptors (Lipinski definition) is 3. The van der Waals surface area contributed by atoms with Crippen LogP contribution in [0.25, 0.3) is 10.8 Å². The Balaban J connectivity index is 1.50. The zero-order valence-corrected chi connectivity index (χ0v) is 14.5. The average Bonchev–Trinajstić information content (AvgIpc) is 2.63. The lowest BCUT2D eigenvalue weighted by Crippen LogP contribution is -2.38. The number of aromatic hydroxyl groups is 1. The van der Waals surface area contributed by atoms with Crippen molar-refractivity contribution in [3.63, 3.8) is 0 Å². The van der Waals surface area contributed by atoms with Gasteiger partial charge in [-0.25, -0.2) is 0 Å². The van der Waals surface area contributed by atoms with E-state index in [1.54, 1.807) is 0 Å². The first kappa shape index (κ1) is 15.8. The van der Waals surface area contributed by atoms with Crippen molar-refractivity contribution in [2.75, 3.05) is 18.0 Å². The number of phenols is 1. The quantitative estimate of drug-likeness (QED) is 0.740. The minimum absolute atomic E-state index is 0.251. The summed E-state index contributed by atoms with van der Waals surface area (Å²) in [4.78, 5) is 2.36. The van der Waals surface area contributed by atoms with Gasteiger partial charge in [0, 0.05) is 43.1 Å². The number of aryl methyl sites for hydroxylation is 1. The molecule has 0 radical (unpaired) electrons. The van der Waals surface area contributed by atoms with E-state index in [0.717, 1.165) is 42.8 Å². The second-order valence-corrected chi connectivity index (χ2v) is 6.76. The van der Waals surface area contributed by atoms with Crippen molar-refractivity contribution in [1.82, 2.24) is 0 Å².